The van der Waals surface area contributed by atoms with Crippen molar-refractivity contribution in [2.75, 3.05) is 0 Å². The molecule has 1 N–H and O–H groups in total. The van der Waals surface area contributed by atoms with Crippen LogP contribution in [0.3, 0.4) is 0 Å². The molecule has 0 aliphatic heterocycles. The van der Waals surface area contributed by atoms with Crippen molar-refractivity contribution in [3.8, 4) is 23.1 Å². The van der Waals surface area contributed by atoms with Gasteiger partial charge >= 0.3 is 0 Å². The number of nitriles is 1. The molecule has 10 heteroatoms. The lowest BCUT2D eigenvalue weighted by molar-refractivity contribution is -0.384. The van der Waals surface area contributed by atoms with Crippen molar-refractivity contribution in [2.24, 2.45) is 0 Å². The maximum Gasteiger partial charge on any atom is 0.280 e. The highest BCUT2D eigenvalue weighted by Crippen LogP contribution is 2.31. The van der Waals surface area contributed by atoms with Crippen LogP contribution in [0.2, 0.25) is 0 Å². The number of nitro benzene ring substituents is 1. The Morgan fingerprint density at radius 2 is 1.68 bits per heavy atom. The number of furan rings is 1. The van der Waals surface area contributed by atoms with Crippen molar-refractivity contribution >= 4 is 34.6 Å². The van der Waals surface area contributed by atoms with Crippen molar-refractivity contribution in [3.63, 3.8) is 0 Å². The fourth-order valence-corrected chi connectivity index (χ4v) is 5.38. The maximum absolute atomic E-state index is 13.7. The van der Waals surface area contributed by atoms with Crippen LogP contribution < -0.4 is 20.1 Å². The second-order valence-corrected chi connectivity index (χ2v) is 9.99. The van der Waals surface area contributed by atoms with Crippen molar-refractivity contribution in [1.29, 1.82) is 5.26 Å². The van der Waals surface area contributed by atoms with E-state index in [0.29, 0.717) is 11.3 Å². The van der Waals surface area contributed by atoms with Gasteiger partial charge in [0.1, 0.15) is 22.3 Å². The fraction of sp³-hybridized carbons (Fsp3) is 0.0645. The second-order valence-electron chi connectivity index (χ2n) is 8.96. The molecule has 0 unspecified atom stereocenters. The number of thiazole rings is 1. The van der Waals surface area contributed by atoms with Gasteiger partial charge in [-0.2, -0.15) is 5.26 Å². The number of nitro groups is 1. The van der Waals surface area contributed by atoms with Crippen LogP contribution in [0.1, 0.15) is 24.3 Å². The summed E-state index contributed by atoms with van der Waals surface area (Å²) in [5.41, 5.74) is 0.887. The van der Waals surface area contributed by atoms with E-state index in [2.05, 4.69) is 5.32 Å². The lowest BCUT2D eigenvalue weighted by Crippen LogP contribution is -2.34. The summed E-state index contributed by atoms with van der Waals surface area (Å²) in [5.74, 6) is -0.0656. The Hall–Kier alpha value is -5.53. The van der Waals surface area contributed by atoms with Crippen molar-refractivity contribution in [3.05, 3.63) is 138 Å². The molecular weight excluding hydrogens is 540 g/mol. The van der Waals surface area contributed by atoms with E-state index in [-0.39, 0.29) is 38.0 Å². The lowest BCUT2D eigenvalue weighted by Gasteiger charge is -2.13. The van der Waals surface area contributed by atoms with Crippen molar-refractivity contribution in [1.82, 2.24) is 9.88 Å². The molecule has 1 atom stereocenters. The number of carbonyl (C=O) groups excluding carboxylic acids is 1. The Morgan fingerprint density at radius 3 is 2.37 bits per heavy atom. The number of carbonyl (C=O) groups is 1. The highest BCUT2D eigenvalue weighted by atomic mass is 32.1. The molecule has 0 saturated heterocycles. The molecule has 0 aliphatic carbocycles. The van der Waals surface area contributed by atoms with E-state index in [1.807, 2.05) is 43.3 Å². The van der Waals surface area contributed by atoms with Gasteiger partial charge in [-0.25, -0.2) is 0 Å². The van der Waals surface area contributed by atoms with E-state index in [1.165, 1.54) is 16.7 Å². The van der Waals surface area contributed by atoms with E-state index in [4.69, 9.17) is 4.42 Å². The van der Waals surface area contributed by atoms with Gasteiger partial charge in [-0.3, -0.25) is 24.3 Å². The monoisotopic (exact) mass is 562 g/mol. The maximum atomic E-state index is 13.7. The average Bonchev–Trinajstić information content (AvgIpc) is 3.58. The Bertz CT molecular complexity index is 1970. The van der Waals surface area contributed by atoms with Crippen molar-refractivity contribution < 1.29 is 14.1 Å². The number of para-hydroxylation sites is 2. The van der Waals surface area contributed by atoms with Gasteiger partial charge in [0.15, 0.2) is 5.57 Å². The molecule has 0 spiro atoms. The number of benzene rings is 3. The van der Waals surface area contributed by atoms with Crippen LogP contribution in [0.4, 0.5) is 5.69 Å². The molecule has 2 aromatic heterocycles. The molecule has 0 bridgehead atoms. The zero-order valence-corrected chi connectivity index (χ0v) is 22.5. The summed E-state index contributed by atoms with van der Waals surface area (Å²) in [6.07, 6.45) is 1.49. The highest BCUT2D eigenvalue weighted by Gasteiger charge is 2.20. The summed E-state index contributed by atoms with van der Waals surface area (Å²) < 4.78 is 7.56. The molecule has 5 rings (SSSR count). The third kappa shape index (κ3) is 5.61. The Balaban J connectivity index is 1.63. The molecule has 9 nitrogen and oxygen atoms in total. The van der Waals surface area contributed by atoms with Crippen LogP contribution >= 0.6 is 11.3 Å². The number of nitrogens with one attached hydrogen (secondary N) is 1. The normalized spacial score (nSPS) is 12.8. The van der Waals surface area contributed by atoms with Gasteiger partial charge in [0.05, 0.1) is 26.7 Å². The highest BCUT2D eigenvalue weighted by molar-refractivity contribution is 7.07. The Morgan fingerprint density at radius 1 is 1.02 bits per heavy atom. The molecule has 2 heterocycles. The number of amides is 1. The van der Waals surface area contributed by atoms with E-state index in [1.54, 1.807) is 60.7 Å². The van der Waals surface area contributed by atoms with Crippen LogP contribution in [0.25, 0.3) is 28.7 Å². The van der Waals surface area contributed by atoms with Gasteiger partial charge in [-0.05, 0) is 42.8 Å². The first-order valence-electron chi connectivity index (χ1n) is 12.5. The van der Waals surface area contributed by atoms with Gasteiger partial charge < -0.3 is 9.73 Å². The summed E-state index contributed by atoms with van der Waals surface area (Å²) >= 11 is 0.979. The Labute approximate surface area is 237 Å². The number of hydrogen-bond acceptors (Lipinski definition) is 7. The van der Waals surface area contributed by atoms with Crippen molar-refractivity contribution in [2.45, 2.75) is 13.0 Å². The van der Waals surface area contributed by atoms with Gasteiger partial charge in [0.25, 0.3) is 17.2 Å². The van der Waals surface area contributed by atoms with E-state index in [0.717, 1.165) is 16.9 Å². The first kappa shape index (κ1) is 27.1. The van der Waals surface area contributed by atoms with Gasteiger partial charge in [0, 0.05) is 12.1 Å². The van der Waals surface area contributed by atoms with E-state index >= 15 is 0 Å². The largest absolute Gasteiger partial charge is 0.456 e. The molecule has 0 fully saturated rings. The van der Waals surface area contributed by atoms with Gasteiger partial charge in [-0.15, -0.1) is 11.3 Å². The summed E-state index contributed by atoms with van der Waals surface area (Å²) in [6.45, 7) is 1.81. The molecule has 3 aromatic carbocycles. The standard InChI is InChI=1S/C31H22N4O5S/c1-20(21-10-4-2-5-11-21)33-29(36)25(19-32)31-34(22-12-6-3-7-13-22)30(37)28(41-31)18-23-16-17-27(40-23)24-14-8-9-15-26(24)35(38)39/h2-18,20H,1H3,(H,33,36)/b28-18+,31-25+/t20-/m0/s1. The third-order valence-electron chi connectivity index (χ3n) is 6.30. The number of rotatable bonds is 7. The topological polar surface area (TPSA) is 131 Å². The lowest BCUT2D eigenvalue weighted by atomic mass is 10.1. The molecule has 0 aliphatic rings. The summed E-state index contributed by atoms with van der Waals surface area (Å²) in [6, 6.07) is 29.0. The number of aromatic nitrogens is 1. The quantitative estimate of drug-likeness (QED) is 0.230. The van der Waals surface area contributed by atoms with E-state index < -0.39 is 16.4 Å². The Kier molecular flexibility index (Phi) is 7.71. The molecule has 0 saturated carbocycles. The predicted octanol–water partition coefficient (Wildman–Crippen LogP) is 4.45. The summed E-state index contributed by atoms with van der Waals surface area (Å²) in [4.78, 5) is 37.9. The fourth-order valence-electron chi connectivity index (χ4n) is 4.30. The minimum atomic E-state index is -0.613. The molecule has 5 aromatic rings. The van der Waals surface area contributed by atoms with Crippen LogP contribution in [0.5, 0.6) is 0 Å². The van der Waals surface area contributed by atoms with Crippen LogP contribution in [-0.2, 0) is 4.79 Å². The van der Waals surface area contributed by atoms with Crippen LogP contribution in [0, 0.1) is 21.4 Å². The van der Waals surface area contributed by atoms with Gasteiger partial charge in [-0.1, -0.05) is 60.7 Å². The molecule has 202 valence electrons. The van der Waals surface area contributed by atoms with Crippen LogP contribution in [-0.4, -0.2) is 15.4 Å². The predicted molar refractivity (Wildman–Crippen MR) is 156 cm³/mol. The zero-order valence-electron chi connectivity index (χ0n) is 21.7. The first-order chi connectivity index (χ1) is 19.9. The first-order valence-corrected chi connectivity index (χ1v) is 13.3. The average molecular weight is 563 g/mol. The minimum Gasteiger partial charge on any atom is -0.456 e. The van der Waals surface area contributed by atoms with E-state index in [9.17, 15) is 25.0 Å². The molecular formula is C31H22N4O5S. The molecule has 0 radical (unpaired) electrons. The van der Waals surface area contributed by atoms with Crippen LogP contribution in [0.15, 0.2) is 106 Å². The summed E-state index contributed by atoms with van der Waals surface area (Å²) in [7, 11) is 0. The molecule has 41 heavy (non-hydrogen) atoms. The minimum absolute atomic E-state index is 0.109. The zero-order chi connectivity index (χ0) is 28.9. The number of hydrogen-bond donors (Lipinski definition) is 1. The summed E-state index contributed by atoms with van der Waals surface area (Å²) in [5, 5.41) is 24.4. The second kappa shape index (κ2) is 11.7. The molecule has 1 amide bonds. The third-order valence-corrected chi connectivity index (χ3v) is 7.40. The number of nitrogens with zero attached hydrogens (tertiary/aromatic N) is 3. The SMILES string of the molecule is C[C@H](NC(=O)/C(C#N)=c1/s/c(=C/c2ccc(-c3ccccc3[N+](=O)[O-])o2)c(=O)n1-c1ccccc1)c1ccccc1. The smallest absolute Gasteiger partial charge is 0.280 e. The van der Waals surface area contributed by atoms with Gasteiger partial charge in [0.2, 0.25) is 0 Å².